The Kier molecular flexibility index (Phi) is 3.44. The van der Waals surface area contributed by atoms with E-state index in [1.54, 1.807) is 0 Å². The lowest BCUT2D eigenvalue weighted by atomic mass is 10.1. The van der Waals surface area contributed by atoms with Crippen LogP contribution in [0.25, 0.3) is 5.65 Å². The number of rotatable bonds is 3. The van der Waals surface area contributed by atoms with Gasteiger partial charge in [-0.15, -0.1) is 0 Å². The van der Waals surface area contributed by atoms with E-state index in [9.17, 15) is 4.79 Å². The van der Waals surface area contributed by atoms with Gasteiger partial charge in [-0.2, -0.15) is 0 Å². The van der Waals surface area contributed by atoms with Crippen LogP contribution in [-0.4, -0.2) is 15.3 Å². The van der Waals surface area contributed by atoms with Crippen LogP contribution in [0, 0.1) is 13.8 Å². The van der Waals surface area contributed by atoms with Crippen molar-refractivity contribution in [2.24, 2.45) is 0 Å². The minimum Gasteiger partial charge on any atom is -0.323 e. The van der Waals surface area contributed by atoms with Gasteiger partial charge in [0.25, 0.3) is 0 Å². The number of carbonyl (C=O) groups is 1. The van der Waals surface area contributed by atoms with Crippen molar-refractivity contribution in [3.05, 3.63) is 65.6 Å². The highest BCUT2D eigenvalue weighted by Gasteiger charge is 2.08. The van der Waals surface area contributed by atoms with Gasteiger partial charge in [0.2, 0.25) is 5.91 Å². The number of amides is 1. The van der Waals surface area contributed by atoms with Gasteiger partial charge in [0, 0.05) is 12.4 Å². The van der Waals surface area contributed by atoms with Gasteiger partial charge in [-0.3, -0.25) is 4.79 Å². The molecule has 2 aromatic heterocycles. The summed E-state index contributed by atoms with van der Waals surface area (Å²) in [7, 11) is 0. The van der Waals surface area contributed by atoms with Crippen LogP contribution in [0.15, 0.2) is 48.8 Å². The molecule has 2 heterocycles. The molecule has 106 valence electrons. The van der Waals surface area contributed by atoms with Gasteiger partial charge in [0.15, 0.2) is 5.65 Å². The third-order valence-electron chi connectivity index (χ3n) is 3.36. The summed E-state index contributed by atoms with van der Waals surface area (Å²) in [4.78, 5) is 16.6. The van der Waals surface area contributed by atoms with E-state index in [1.807, 2.05) is 67.0 Å². The minimum atomic E-state index is -0.0346. The normalized spacial score (nSPS) is 10.8. The third-order valence-corrected chi connectivity index (χ3v) is 3.36. The number of aryl methyl sites for hydroxylation is 2. The smallest absolute Gasteiger partial charge is 0.228 e. The maximum atomic E-state index is 12.2. The second-order valence-electron chi connectivity index (χ2n) is 5.25. The fourth-order valence-electron chi connectivity index (χ4n) is 2.32. The van der Waals surface area contributed by atoms with E-state index in [0.29, 0.717) is 6.42 Å². The van der Waals surface area contributed by atoms with Crippen LogP contribution in [0.1, 0.15) is 16.8 Å². The number of aromatic nitrogens is 2. The first kappa shape index (κ1) is 13.4. The van der Waals surface area contributed by atoms with E-state index >= 15 is 0 Å². The first-order chi connectivity index (χ1) is 10.1. The van der Waals surface area contributed by atoms with Gasteiger partial charge in [-0.05, 0) is 31.5 Å². The summed E-state index contributed by atoms with van der Waals surface area (Å²) in [5, 5.41) is 2.94. The predicted octanol–water partition coefficient (Wildman–Crippen LogP) is 3.13. The van der Waals surface area contributed by atoms with Gasteiger partial charge < -0.3 is 9.72 Å². The van der Waals surface area contributed by atoms with Crippen LogP contribution < -0.4 is 5.32 Å². The molecule has 0 aliphatic rings. The van der Waals surface area contributed by atoms with Crippen LogP contribution >= 0.6 is 0 Å². The molecular formula is C17H17N3O. The largest absolute Gasteiger partial charge is 0.323 e. The molecule has 0 aliphatic heterocycles. The average Bonchev–Trinajstić information content (AvgIpc) is 2.83. The van der Waals surface area contributed by atoms with Crippen LogP contribution in [-0.2, 0) is 11.2 Å². The molecule has 4 heteroatoms. The lowest BCUT2D eigenvalue weighted by Gasteiger charge is -2.07. The summed E-state index contributed by atoms with van der Waals surface area (Å²) in [6.45, 7) is 3.97. The number of pyridine rings is 1. The number of benzene rings is 1. The molecule has 0 saturated heterocycles. The standard InChI is InChI=1S/C17H17N3O/c1-12-5-7-14(8-6-12)10-16(21)19-15-4-3-9-20-11-13(2)18-17(15)20/h3-9,11H,10H2,1-2H3,(H,19,21). The van der Waals surface area contributed by atoms with Crippen molar-refractivity contribution in [3.8, 4) is 0 Å². The monoisotopic (exact) mass is 279 g/mol. The second kappa shape index (κ2) is 5.40. The Bertz CT molecular complexity index is 787. The highest BCUT2D eigenvalue weighted by atomic mass is 16.1. The summed E-state index contributed by atoms with van der Waals surface area (Å²) < 4.78 is 1.91. The van der Waals surface area contributed by atoms with Crippen molar-refractivity contribution >= 4 is 17.2 Å². The first-order valence-corrected chi connectivity index (χ1v) is 6.91. The lowest BCUT2D eigenvalue weighted by Crippen LogP contribution is -2.15. The van der Waals surface area contributed by atoms with E-state index in [0.717, 1.165) is 22.6 Å². The van der Waals surface area contributed by atoms with Gasteiger partial charge in [-0.1, -0.05) is 29.8 Å². The number of imidazole rings is 1. The Hall–Kier alpha value is -2.62. The SMILES string of the molecule is Cc1ccc(CC(=O)Nc2cccn3cc(C)nc23)cc1. The van der Waals surface area contributed by atoms with Crippen molar-refractivity contribution in [2.45, 2.75) is 20.3 Å². The number of anilines is 1. The zero-order chi connectivity index (χ0) is 14.8. The maximum absolute atomic E-state index is 12.2. The topological polar surface area (TPSA) is 46.4 Å². The minimum absolute atomic E-state index is 0.0346. The molecule has 21 heavy (non-hydrogen) atoms. The van der Waals surface area contributed by atoms with Gasteiger partial charge in [0.05, 0.1) is 17.8 Å². The van der Waals surface area contributed by atoms with E-state index < -0.39 is 0 Å². The number of carbonyl (C=O) groups excluding carboxylic acids is 1. The molecule has 0 fully saturated rings. The number of hydrogen-bond donors (Lipinski definition) is 1. The Morgan fingerprint density at radius 2 is 1.95 bits per heavy atom. The van der Waals surface area contributed by atoms with Crippen molar-refractivity contribution < 1.29 is 4.79 Å². The summed E-state index contributed by atoms with van der Waals surface area (Å²) in [6, 6.07) is 11.8. The van der Waals surface area contributed by atoms with Gasteiger partial charge in [-0.25, -0.2) is 4.98 Å². The predicted molar refractivity (Wildman–Crippen MR) is 83.4 cm³/mol. The fraction of sp³-hybridized carbons (Fsp3) is 0.176. The van der Waals surface area contributed by atoms with Gasteiger partial charge in [0.1, 0.15) is 0 Å². The van der Waals surface area contributed by atoms with Crippen molar-refractivity contribution in [1.82, 2.24) is 9.38 Å². The average molecular weight is 279 g/mol. The molecular weight excluding hydrogens is 262 g/mol. The van der Waals surface area contributed by atoms with Crippen molar-refractivity contribution in [1.29, 1.82) is 0 Å². The Labute approximate surface area is 123 Å². The number of nitrogens with one attached hydrogen (secondary N) is 1. The molecule has 0 aliphatic carbocycles. The van der Waals surface area contributed by atoms with E-state index in [1.165, 1.54) is 5.56 Å². The first-order valence-electron chi connectivity index (χ1n) is 6.91. The fourth-order valence-corrected chi connectivity index (χ4v) is 2.32. The zero-order valence-corrected chi connectivity index (χ0v) is 12.1. The van der Waals surface area contributed by atoms with Crippen LogP contribution in [0.2, 0.25) is 0 Å². The molecule has 3 aromatic rings. The third kappa shape index (κ3) is 2.94. The summed E-state index contributed by atoms with van der Waals surface area (Å²) in [5.74, 6) is -0.0346. The number of nitrogens with zero attached hydrogens (tertiary/aromatic N) is 2. The molecule has 1 aromatic carbocycles. The number of fused-ring (bicyclic) bond motifs is 1. The second-order valence-corrected chi connectivity index (χ2v) is 5.25. The summed E-state index contributed by atoms with van der Waals surface area (Å²) >= 11 is 0. The van der Waals surface area contributed by atoms with Crippen LogP contribution in [0.4, 0.5) is 5.69 Å². The Morgan fingerprint density at radius 3 is 2.71 bits per heavy atom. The van der Waals surface area contributed by atoms with Crippen LogP contribution in [0.3, 0.4) is 0 Å². The molecule has 0 unspecified atom stereocenters. The molecule has 0 atom stereocenters. The van der Waals surface area contributed by atoms with Gasteiger partial charge >= 0.3 is 0 Å². The quantitative estimate of drug-likeness (QED) is 0.800. The van der Waals surface area contributed by atoms with Crippen molar-refractivity contribution in [2.75, 3.05) is 5.32 Å². The van der Waals surface area contributed by atoms with E-state index in [-0.39, 0.29) is 5.91 Å². The van der Waals surface area contributed by atoms with E-state index in [2.05, 4.69) is 10.3 Å². The summed E-state index contributed by atoms with van der Waals surface area (Å²) in [6.07, 6.45) is 4.22. The molecule has 0 bridgehead atoms. The summed E-state index contributed by atoms with van der Waals surface area (Å²) in [5.41, 5.74) is 4.63. The zero-order valence-electron chi connectivity index (χ0n) is 12.1. The lowest BCUT2D eigenvalue weighted by molar-refractivity contribution is -0.115. The van der Waals surface area contributed by atoms with Crippen LogP contribution in [0.5, 0.6) is 0 Å². The Morgan fingerprint density at radius 1 is 1.19 bits per heavy atom. The van der Waals surface area contributed by atoms with Crippen molar-refractivity contribution in [3.63, 3.8) is 0 Å². The molecule has 0 spiro atoms. The highest BCUT2D eigenvalue weighted by molar-refractivity contribution is 5.95. The molecule has 0 radical (unpaired) electrons. The maximum Gasteiger partial charge on any atom is 0.228 e. The molecule has 3 rings (SSSR count). The molecule has 1 N–H and O–H groups in total. The van der Waals surface area contributed by atoms with E-state index in [4.69, 9.17) is 0 Å². The number of hydrogen-bond acceptors (Lipinski definition) is 2. The molecule has 0 saturated carbocycles. The molecule has 4 nitrogen and oxygen atoms in total. The molecule has 1 amide bonds. The highest BCUT2D eigenvalue weighted by Crippen LogP contribution is 2.16. The Balaban J connectivity index is 1.78.